The first-order chi connectivity index (χ1) is 19.1. The molecule has 4 rings (SSSR count). The molecule has 1 aromatic heterocycles. The van der Waals surface area contributed by atoms with Crippen molar-refractivity contribution in [1.82, 2.24) is 25.2 Å². The van der Waals surface area contributed by atoms with Crippen LogP contribution in [0.5, 0.6) is 0 Å². The zero-order valence-corrected chi connectivity index (χ0v) is 23.5. The first-order valence-electron chi connectivity index (χ1n) is 13.2. The summed E-state index contributed by atoms with van der Waals surface area (Å²) >= 11 is 0. The van der Waals surface area contributed by atoms with Crippen LogP contribution in [0, 0.1) is 6.92 Å². The second-order valence-electron chi connectivity index (χ2n) is 10.8. The number of fused-ring (bicyclic) bond motifs is 1. The molecule has 0 aliphatic carbocycles. The number of benzene rings is 3. The highest BCUT2D eigenvalue weighted by Gasteiger charge is 2.33. The Labute approximate surface area is 234 Å². The number of nitrogens with one attached hydrogen (secondary N) is 1. The van der Waals surface area contributed by atoms with Gasteiger partial charge in [-0.15, -0.1) is 5.10 Å². The number of para-hydroxylation sites is 1. The van der Waals surface area contributed by atoms with Gasteiger partial charge in [0.25, 0.3) is 0 Å². The van der Waals surface area contributed by atoms with E-state index in [1.165, 1.54) is 7.11 Å². The maximum atomic E-state index is 14.0. The summed E-state index contributed by atoms with van der Waals surface area (Å²) in [4.78, 5) is 41.5. The lowest BCUT2D eigenvalue weighted by molar-refractivity contribution is -0.142. The number of hydrogen-bond acceptors (Lipinski definition) is 6. The summed E-state index contributed by atoms with van der Waals surface area (Å²) in [5, 5.41) is 11.4. The van der Waals surface area contributed by atoms with E-state index >= 15 is 0 Å². The number of hydrogen-bond donors (Lipinski definition) is 1. The SMILES string of the molecule is COC(=O)c1ccc([C@H](C(=O)NC(C)(C)C)N(CCc2cccc(C)c2)C(=O)Cn2nnc3ccccc32)cc1. The third-order valence-corrected chi connectivity index (χ3v) is 6.46. The molecule has 208 valence electrons. The normalized spacial score (nSPS) is 12.1. The van der Waals surface area contributed by atoms with Gasteiger partial charge in [0.15, 0.2) is 0 Å². The molecule has 2 amide bonds. The lowest BCUT2D eigenvalue weighted by Crippen LogP contribution is -2.50. The Hall–Kier alpha value is -4.53. The van der Waals surface area contributed by atoms with Crippen LogP contribution in [0.15, 0.2) is 72.8 Å². The Bertz CT molecular complexity index is 1500. The van der Waals surface area contributed by atoms with Gasteiger partial charge in [-0.25, -0.2) is 9.48 Å². The first-order valence-corrected chi connectivity index (χ1v) is 13.2. The van der Waals surface area contributed by atoms with Crippen molar-refractivity contribution < 1.29 is 19.1 Å². The van der Waals surface area contributed by atoms with Crippen molar-refractivity contribution >= 4 is 28.8 Å². The zero-order valence-electron chi connectivity index (χ0n) is 23.5. The van der Waals surface area contributed by atoms with Gasteiger partial charge < -0.3 is 15.0 Å². The summed E-state index contributed by atoms with van der Waals surface area (Å²) in [6.45, 7) is 7.89. The Balaban J connectivity index is 1.74. The van der Waals surface area contributed by atoms with Crippen LogP contribution in [0.1, 0.15) is 53.9 Å². The predicted molar refractivity (Wildman–Crippen MR) is 153 cm³/mol. The van der Waals surface area contributed by atoms with Crippen molar-refractivity contribution in [3.05, 3.63) is 95.1 Å². The van der Waals surface area contributed by atoms with Crippen molar-refractivity contribution in [2.75, 3.05) is 13.7 Å². The fourth-order valence-electron chi connectivity index (χ4n) is 4.60. The van der Waals surface area contributed by atoms with Gasteiger partial charge in [0.2, 0.25) is 11.8 Å². The highest BCUT2D eigenvalue weighted by atomic mass is 16.5. The summed E-state index contributed by atoms with van der Waals surface area (Å²) in [6, 6.07) is 21.1. The smallest absolute Gasteiger partial charge is 0.337 e. The molecule has 4 aromatic rings. The Morgan fingerprint density at radius 2 is 1.73 bits per heavy atom. The topological polar surface area (TPSA) is 106 Å². The molecule has 3 aromatic carbocycles. The predicted octanol–water partition coefficient (Wildman–Crippen LogP) is 4.25. The molecule has 0 bridgehead atoms. The molecule has 1 heterocycles. The number of carbonyl (C=O) groups is 3. The van der Waals surface area contributed by atoms with Gasteiger partial charge in [-0.05, 0) is 69.5 Å². The molecule has 1 N–H and O–H groups in total. The number of aromatic nitrogens is 3. The molecule has 9 nitrogen and oxygen atoms in total. The standard InChI is InChI=1S/C31H35N5O4/c1-21-9-8-10-22(19-21)17-18-35(27(37)20-36-26-12-7-6-11-25(26)33-34-36)28(29(38)32-31(2,3)4)23-13-15-24(16-14-23)30(39)40-5/h6-16,19,28H,17-18,20H2,1-5H3,(H,32,38)/t28-/m1/s1. The van der Waals surface area contributed by atoms with E-state index in [-0.39, 0.29) is 24.9 Å². The van der Waals surface area contributed by atoms with E-state index < -0.39 is 17.6 Å². The second-order valence-corrected chi connectivity index (χ2v) is 10.8. The van der Waals surface area contributed by atoms with Crippen LogP contribution >= 0.6 is 0 Å². The number of methoxy groups -OCH3 is 1. The van der Waals surface area contributed by atoms with E-state index in [2.05, 4.69) is 21.7 Å². The third kappa shape index (κ3) is 6.91. The summed E-state index contributed by atoms with van der Waals surface area (Å²) in [6.07, 6.45) is 0.547. The molecule has 40 heavy (non-hydrogen) atoms. The van der Waals surface area contributed by atoms with E-state index in [4.69, 9.17) is 4.74 Å². The average Bonchev–Trinajstić information content (AvgIpc) is 3.32. The van der Waals surface area contributed by atoms with Crippen molar-refractivity contribution in [3.8, 4) is 0 Å². The fraction of sp³-hybridized carbons (Fsp3) is 0.323. The molecule has 0 fully saturated rings. The van der Waals surface area contributed by atoms with Crippen molar-refractivity contribution in [2.45, 2.75) is 52.2 Å². The van der Waals surface area contributed by atoms with Crippen molar-refractivity contribution in [2.24, 2.45) is 0 Å². The van der Waals surface area contributed by atoms with Crippen molar-refractivity contribution in [3.63, 3.8) is 0 Å². The zero-order chi connectivity index (χ0) is 28.9. The molecule has 0 spiro atoms. The number of amides is 2. The highest BCUT2D eigenvalue weighted by Crippen LogP contribution is 2.25. The van der Waals surface area contributed by atoms with Crippen LogP contribution < -0.4 is 5.32 Å². The maximum absolute atomic E-state index is 14.0. The average molecular weight is 542 g/mol. The van der Waals surface area contributed by atoms with E-state index in [1.54, 1.807) is 33.8 Å². The van der Waals surface area contributed by atoms with Crippen LogP contribution in [-0.2, 0) is 27.3 Å². The van der Waals surface area contributed by atoms with Crippen LogP contribution in [0.25, 0.3) is 11.0 Å². The van der Waals surface area contributed by atoms with Crippen LogP contribution in [-0.4, -0.2) is 56.9 Å². The van der Waals surface area contributed by atoms with Gasteiger partial charge in [-0.3, -0.25) is 9.59 Å². The largest absolute Gasteiger partial charge is 0.465 e. The van der Waals surface area contributed by atoms with E-state index in [9.17, 15) is 14.4 Å². The minimum Gasteiger partial charge on any atom is -0.465 e. The van der Waals surface area contributed by atoms with Gasteiger partial charge in [-0.2, -0.15) is 0 Å². The van der Waals surface area contributed by atoms with Gasteiger partial charge in [-0.1, -0.05) is 59.3 Å². The molecule has 9 heteroatoms. The fourth-order valence-corrected chi connectivity index (χ4v) is 4.60. The van der Waals surface area contributed by atoms with Gasteiger partial charge in [0.1, 0.15) is 18.1 Å². The van der Waals surface area contributed by atoms with Crippen LogP contribution in [0.4, 0.5) is 0 Å². The van der Waals surface area contributed by atoms with E-state index in [1.807, 2.05) is 70.2 Å². The number of esters is 1. The summed E-state index contributed by atoms with van der Waals surface area (Å²) in [5.41, 5.74) is 3.98. The molecule has 0 aliphatic heterocycles. The number of rotatable bonds is 9. The molecular formula is C31H35N5O4. The molecule has 0 saturated carbocycles. The third-order valence-electron chi connectivity index (χ3n) is 6.46. The summed E-state index contributed by atoms with van der Waals surface area (Å²) < 4.78 is 6.38. The van der Waals surface area contributed by atoms with E-state index in [0.29, 0.717) is 23.1 Å². The number of nitrogens with zero attached hydrogens (tertiary/aromatic N) is 4. The monoisotopic (exact) mass is 541 g/mol. The Morgan fingerprint density at radius 3 is 2.40 bits per heavy atom. The molecule has 0 unspecified atom stereocenters. The first kappa shape index (κ1) is 28.5. The molecule has 0 saturated heterocycles. The second kappa shape index (κ2) is 12.1. The number of ether oxygens (including phenoxy) is 1. The Morgan fingerprint density at radius 1 is 1.00 bits per heavy atom. The minimum atomic E-state index is -0.946. The molecule has 0 radical (unpaired) electrons. The van der Waals surface area contributed by atoms with Crippen LogP contribution in [0.3, 0.4) is 0 Å². The molecule has 0 aliphatic rings. The van der Waals surface area contributed by atoms with Crippen LogP contribution in [0.2, 0.25) is 0 Å². The van der Waals surface area contributed by atoms with Crippen molar-refractivity contribution in [1.29, 1.82) is 0 Å². The Kier molecular flexibility index (Phi) is 8.62. The number of carbonyl (C=O) groups excluding carboxylic acids is 3. The van der Waals surface area contributed by atoms with Gasteiger partial charge >= 0.3 is 5.97 Å². The lowest BCUT2D eigenvalue weighted by Gasteiger charge is -2.34. The van der Waals surface area contributed by atoms with E-state index in [0.717, 1.165) is 16.6 Å². The van der Waals surface area contributed by atoms with Gasteiger partial charge in [0, 0.05) is 12.1 Å². The lowest BCUT2D eigenvalue weighted by atomic mass is 9.99. The minimum absolute atomic E-state index is 0.0894. The summed E-state index contributed by atoms with van der Waals surface area (Å²) in [7, 11) is 1.31. The number of aryl methyl sites for hydroxylation is 1. The highest BCUT2D eigenvalue weighted by molar-refractivity contribution is 5.91. The van der Waals surface area contributed by atoms with Gasteiger partial charge in [0.05, 0.1) is 18.2 Å². The summed E-state index contributed by atoms with van der Waals surface area (Å²) in [5.74, 6) is -1.08. The molecule has 1 atom stereocenters. The molecular weight excluding hydrogens is 506 g/mol. The quantitative estimate of drug-likeness (QED) is 0.318. The maximum Gasteiger partial charge on any atom is 0.337 e.